The van der Waals surface area contributed by atoms with Crippen molar-refractivity contribution in [3.8, 4) is 5.75 Å². The van der Waals surface area contributed by atoms with Crippen molar-refractivity contribution in [1.82, 2.24) is 9.91 Å². The predicted octanol–water partition coefficient (Wildman–Crippen LogP) is 2.83. The zero-order chi connectivity index (χ0) is 19.7. The van der Waals surface area contributed by atoms with E-state index in [0.29, 0.717) is 12.2 Å². The summed E-state index contributed by atoms with van der Waals surface area (Å²) in [5.74, 6) is 1.33. The van der Waals surface area contributed by atoms with Crippen LogP contribution in [0, 0.1) is 5.92 Å². The van der Waals surface area contributed by atoms with Gasteiger partial charge in [-0.1, -0.05) is 0 Å². The summed E-state index contributed by atoms with van der Waals surface area (Å²) < 4.78 is 10.8. The van der Waals surface area contributed by atoms with Gasteiger partial charge in [0, 0.05) is 19.4 Å². The molecule has 28 heavy (non-hydrogen) atoms. The maximum absolute atomic E-state index is 12.9. The van der Waals surface area contributed by atoms with Gasteiger partial charge in [0.05, 0.1) is 19.1 Å². The van der Waals surface area contributed by atoms with Crippen molar-refractivity contribution in [2.45, 2.75) is 25.3 Å². The fourth-order valence-corrected chi connectivity index (χ4v) is 3.40. The van der Waals surface area contributed by atoms with Gasteiger partial charge in [0.15, 0.2) is 0 Å². The Morgan fingerprint density at radius 1 is 1.25 bits per heavy atom. The van der Waals surface area contributed by atoms with Gasteiger partial charge >= 0.3 is 0 Å². The van der Waals surface area contributed by atoms with Crippen molar-refractivity contribution in [2.75, 3.05) is 20.7 Å². The van der Waals surface area contributed by atoms with E-state index in [1.807, 2.05) is 30.3 Å². The first kappa shape index (κ1) is 18.3. The monoisotopic (exact) mass is 381 g/mol. The van der Waals surface area contributed by atoms with Crippen LogP contribution in [0.1, 0.15) is 36.6 Å². The van der Waals surface area contributed by atoms with Crippen molar-refractivity contribution in [2.24, 2.45) is 11.0 Å². The molecule has 2 aromatic rings. The fourth-order valence-electron chi connectivity index (χ4n) is 3.40. The first-order chi connectivity index (χ1) is 13.6. The maximum atomic E-state index is 12.9. The number of hydrazone groups is 1. The average molecular weight is 381 g/mol. The first-order valence-electron chi connectivity index (χ1n) is 9.39. The molecule has 1 aromatic carbocycles. The number of methoxy groups -OCH3 is 1. The van der Waals surface area contributed by atoms with Crippen molar-refractivity contribution >= 4 is 17.5 Å². The summed E-state index contributed by atoms with van der Waals surface area (Å²) in [7, 11) is 3.29. The molecule has 1 fully saturated rings. The minimum Gasteiger partial charge on any atom is -0.497 e. The van der Waals surface area contributed by atoms with Crippen LogP contribution in [-0.2, 0) is 9.59 Å². The van der Waals surface area contributed by atoms with Crippen LogP contribution in [0.5, 0.6) is 5.75 Å². The number of hydrogen-bond acceptors (Lipinski definition) is 5. The van der Waals surface area contributed by atoms with Gasteiger partial charge in [-0.2, -0.15) is 5.10 Å². The maximum Gasteiger partial charge on any atom is 0.262 e. The Hall–Kier alpha value is -3.09. The number of nitrogens with zero attached hydrogens (tertiary/aromatic N) is 3. The Bertz CT molecular complexity index is 885. The van der Waals surface area contributed by atoms with E-state index in [0.717, 1.165) is 29.9 Å². The number of furan rings is 1. The van der Waals surface area contributed by atoms with E-state index in [1.54, 1.807) is 26.5 Å². The second kappa shape index (κ2) is 7.50. The van der Waals surface area contributed by atoms with E-state index >= 15 is 0 Å². The van der Waals surface area contributed by atoms with E-state index in [4.69, 9.17) is 9.15 Å². The molecule has 1 atom stereocenters. The number of hydrogen-bond donors (Lipinski definition) is 0. The average Bonchev–Trinajstić information content (AvgIpc) is 3.23. The highest BCUT2D eigenvalue weighted by molar-refractivity contribution is 6.03. The third kappa shape index (κ3) is 3.65. The highest BCUT2D eigenvalue weighted by atomic mass is 16.5. The molecule has 2 aliphatic rings. The lowest BCUT2D eigenvalue weighted by Crippen LogP contribution is -2.39. The minimum atomic E-state index is -0.316. The first-order valence-corrected chi connectivity index (χ1v) is 9.39. The summed E-state index contributed by atoms with van der Waals surface area (Å²) in [4.78, 5) is 26.7. The van der Waals surface area contributed by atoms with E-state index in [9.17, 15) is 9.59 Å². The van der Waals surface area contributed by atoms with Crippen LogP contribution in [0.2, 0.25) is 0 Å². The van der Waals surface area contributed by atoms with Crippen molar-refractivity contribution in [3.05, 3.63) is 54.0 Å². The summed E-state index contributed by atoms with van der Waals surface area (Å²) in [6.07, 6.45) is 3.96. The van der Waals surface area contributed by atoms with Crippen LogP contribution in [0.25, 0.3) is 0 Å². The Kier molecular flexibility index (Phi) is 4.90. The molecule has 7 heteroatoms. The van der Waals surface area contributed by atoms with Gasteiger partial charge in [0.1, 0.15) is 24.1 Å². The second-order valence-electron chi connectivity index (χ2n) is 7.22. The number of amides is 2. The normalized spacial score (nSPS) is 18.7. The van der Waals surface area contributed by atoms with Crippen molar-refractivity contribution in [1.29, 1.82) is 0 Å². The van der Waals surface area contributed by atoms with Crippen LogP contribution in [0.15, 0.2) is 52.2 Å². The highest BCUT2D eigenvalue weighted by Gasteiger charge is 2.37. The highest BCUT2D eigenvalue weighted by Crippen LogP contribution is 2.34. The third-order valence-electron chi connectivity index (χ3n) is 5.14. The smallest absolute Gasteiger partial charge is 0.262 e. The molecule has 1 saturated carbocycles. The van der Waals surface area contributed by atoms with E-state index < -0.39 is 0 Å². The summed E-state index contributed by atoms with van der Waals surface area (Å²) in [5, 5.41) is 6.04. The van der Waals surface area contributed by atoms with Gasteiger partial charge in [0.25, 0.3) is 5.91 Å². The predicted molar refractivity (Wildman–Crippen MR) is 103 cm³/mol. The third-order valence-corrected chi connectivity index (χ3v) is 5.14. The van der Waals surface area contributed by atoms with Crippen LogP contribution < -0.4 is 4.74 Å². The zero-order valence-corrected chi connectivity index (χ0v) is 16.0. The van der Waals surface area contributed by atoms with Crippen LogP contribution in [0.4, 0.5) is 0 Å². The van der Waals surface area contributed by atoms with Gasteiger partial charge in [-0.05, 0) is 54.8 Å². The van der Waals surface area contributed by atoms with Gasteiger partial charge < -0.3 is 14.1 Å². The summed E-state index contributed by atoms with van der Waals surface area (Å²) >= 11 is 0. The van der Waals surface area contributed by atoms with E-state index in [1.165, 1.54) is 9.91 Å². The number of likely N-dealkylation sites (N-methyl/N-ethyl adjacent to an activating group) is 1. The molecular formula is C21H23N3O4. The van der Waals surface area contributed by atoms with Gasteiger partial charge in [-0.3, -0.25) is 9.59 Å². The molecule has 0 N–H and O–H groups in total. The van der Waals surface area contributed by atoms with Crippen LogP contribution in [-0.4, -0.2) is 48.1 Å². The van der Waals surface area contributed by atoms with Gasteiger partial charge in [-0.15, -0.1) is 0 Å². The Labute approximate surface area is 163 Å². The second-order valence-corrected chi connectivity index (χ2v) is 7.22. The molecule has 146 valence electrons. The van der Waals surface area contributed by atoms with Gasteiger partial charge in [0.2, 0.25) is 5.91 Å². The molecule has 0 spiro atoms. The van der Waals surface area contributed by atoms with Crippen molar-refractivity contribution in [3.63, 3.8) is 0 Å². The molecule has 0 unspecified atom stereocenters. The van der Waals surface area contributed by atoms with Gasteiger partial charge in [-0.25, -0.2) is 5.01 Å². The molecule has 1 aliphatic heterocycles. The Morgan fingerprint density at radius 3 is 2.61 bits per heavy atom. The summed E-state index contributed by atoms with van der Waals surface area (Å²) in [5.41, 5.74) is 1.73. The van der Waals surface area contributed by atoms with E-state index in [2.05, 4.69) is 5.10 Å². The molecule has 2 amide bonds. The minimum absolute atomic E-state index is 0.00589. The lowest BCUT2D eigenvalue weighted by Gasteiger charge is -2.23. The summed E-state index contributed by atoms with van der Waals surface area (Å²) in [6.45, 7) is 0.00589. The molecule has 4 rings (SSSR count). The topological polar surface area (TPSA) is 75.3 Å². The Balaban J connectivity index is 1.55. The molecule has 0 radical (unpaired) electrons. The molecule has 0 bridgehead atoms. The Morgan fingerprint density at radius 2 is 2.00 bits per heavy atom. The largest absolute Gasteiger partial charge is 0.497 e. The molecule has 0 saturated heterocycles. The number of ether oxygens (including phenoxy) is 1. The van der Waals surface area contributed by atoms with Crippen LogP contribution >= 0.6 is 0 Å². The standard InChI is InChI=1S/C21H23N3O4/c1-23(21(26)15-5-6-15)13-20(25)24-18(19-4-3-11-28-19)12-17(22-24)14-7-9-16(27-2)10-8-14/h3-4,7-11,15,18H,5-6,12-13H2,1-2H3/t18-/m1/s1. The SMILES string of the molecule is COc1ccc(C2=NN(C(=O)CN(C)C(=O)C3CC3)[C@@H](c3ccco3)C2)cc1. The number of carbonyl (C=O) groups is 2. The number of rotatable bonds is 6. The molecule has 7 nitrogen and oxygen atoms in total. The fraction of sp³-hybridized carbons (Fsp3) is 0.381. The number of carbonyl (C=O) groups excluding carboxylic acids is 2. The molecule has 1 aliphatic carbocycles. The molecule has 2 heterocycles. The molecular weight excluding hydrogens is 358 g/mol. The van der Waals surface area contributed by atoms with Crippen molar-refractivity contribution < 1.29 is 18.7 Å². The van der Waals surface area contributed by atoms with E-state index in [-0.39, 0.29) is 30.3 Å². The number of benzene rings is 1. The zero-order valence-electron chi connectivity index (χ0n) is 16.0. The molecule has 1 aromatic heterocycles. The van der Waals surface area contributed by atoms with Crippen LogP contribution in [0.3, 0.4) is 0 Å². The summed E-state index contributed by atoms with van der Waals surface area (Å²) in [6, 6.07) is 10.9. The lowest BCUT2D eigenvalue weighted by atomic mass is 10.0. The quantitative estimate of drug-likeness (QED) is 0.771. The lowest BCUT2D eigenvalue weighted by molar-refractivity contribution is -0.141.